The van der Waals surface area contributed by atoms with Crippen molar-refractivity contribution in [1.82, 2.24) is 15.2 Å². The van der Waals surface area contributed by atoms with Gasteiger partial charge in [-0.25, -0.2) is 0 Å². The Hall–Kier alpha value is -2.03. The molecule has 2 N–H and O–H groups in total. The van der Waals surface area contributed by atoms with Crippen LogP contribution in [-0.4, -0.2) is 65.0 Å². The average Bonchev–Trinajstić information content (AvgIpc) is 2.78. The fourth-order valence-electron chi connectivity index (χ4n) is 4.46. The number of aliphatic hydroxyl groups is 1. The summed E-state index contributed by atoms with van der Waals surface area (Å²) in [5.41, 5.74) is 2.04. The van der Waals surface area contributed by atoms with Gasteiger partial charge in [0.2, 0.25) is 5.91 Å². The van der Waals surface area contributed by atoms with Crippen LogP contribution in [0, 0.1) is 0 Å². The molecule has 2 aliphatic rings. The maximum absolute atomic E-state index is 12.5. The smallest absolute Gasteiger partial charge is 0.222 e. The number of ether oxygens (including phenoxy) is 2. The van der Waals surface area contributed by atoms with Crippen molar-refractivity contribution in [2.45, 2.75) is 56.7 Å². The number of fused-ring (bicyclic) bond motifs is 1. The minimum absolute atomic E-state index is 0.0517. The Morgan fingerprint density at radius 3 is 2.81 bits per heavy atom. The number of carbonyl (C=O) groups is 1. The van der Waals surface area contributed by atoms with Crippen molar-refractivity contribution < 1.29 is 19.4 Å². The summed E-state index contributed by atoms with van der Waals surface area (Å²) < 4.78 is 12.0. The van der Waals surface area contributed by atoms with Gasteiger partial charge in [0.1, 0.15) is 0 Å². The Morgan fingerprint density at radius 1 is 1.19 bits per heavy atom. The van der Waals surface area contributed by atoms with Crippen LogP contribution in [0.4, 0.5) is 0 Å². The summed E-state index contributed by atoms with van der Waals surface area (Å²) in [6.45, 7) is 2.33. The second kappa shape index (κ2) is 11.2. The van der Waals surface area contributed by atoms with Gasteiger partial charge in [-0.1, -0.05) is 29.8 Å². The summed E-state index contributed by atoms with van der Waals surface area (Å²) in [5, 5.41) is 13.9. The summed E-state index contributed by atoms with van der Waals surface area (Å²) in [6, 6.07) is 11.6. The maximum Gasteiger partial charge on any atom is 0.222 e. The Labute approximate surface area is 193 Å². The quantitative estimate of drug-likeness (QED) is 0.690. The number of hydrogen-bond donors (Lipinski definition) is 2. The van der Waals surface area contributed by atoms with E-state index < -0.39 is 6.10 Å². The lowest BCUT2D eigenvalue weighted by atomic mass is 9.94. The van der Waals surface area contributed by atoms with Gasteiger partial charge in [0.25, 0.3) is 0 Å². The summed E-state index contributed by atoms with van der Waals surface area (Å²) in [4.78, 5) is 18.9. The van der Waals surface area contributed by atoms with E-state index in [9.17, 15) is 9.90 Å². The highest BCUT2D eigenvalue weighted by Gasteiger charge is 2.38. The van der Waals surface area contributed by atoms with Gasteiger partial charge in [-0.15, -0.1) is 0 Å². The second-order valence-corrected chi connectivity index (χ2v) is 8.90. The van der Waals surface area contributed by atoms with Crippen molar-refractivity contribution >= 4 is 17.5 Å². The van der Waals surface area contributed by atoms with E-state index in [4.69, 9.17) is 21.1 Å². The van der Waals surface area contributed by atoms with E-state index in [0.717, 1.165) is 24.0 Å². The molecule has 4 atom stereocenters. The van der Waals surface area contributed by atoms with Crippen LogP contribution in [0.25, 0.3) is 0 Å². The monoisotopic (exact) mass is 459 g/mol. The minimum Gasteiger partial charge on any atom is -0.389 e. The topological polar surface area (TPSA) is 83.9 Å². The largest absolute Gasteiger partial charge is 0.389 e. The number of benzene rings is 1. The Bertz CT molecular complexity index is 885. The van der Waals surface area contributed by atoms with E-state index in [-0.39, 0.29) is 30.8 Å². The minimum atomic E-state index is -0.536. The molecular formula is C24H30ClN3O4. The SMILES string of the molecule is O=C(C[C@H]1CC[C@@H]2[C@H](COC[C@@H](O)CN2Cc2ccncc2)O1)NCc1ccccc1Cl. The molecule has 2 saturated heterocycles. The van der Waals surface area contributed by atoms with Gasteiger partial charge in [0, 0.05) is 43.1 Å². The molecule has 32 heavy (non-hydrogen) atoms. The molecule has 0 aliphatic carbocycles. The lowest BCUT2D eigenvalue weighted by molar-refractivity contribution is -0.158. The molecular weight excluding hydrogens is 430 g/mol. The highest BCUT2D eigenvalue weighted by atomic mass is 35.5. The zero-order chi connectivity index (χ0) is 22.3. The third-order valence-corrected chi connectivity index (χ3v) is 6.44. The first-order valence-corrected chi connectivity index (χ1v) is 11.5. The summed E-state index contributed by atoms with van der Waals surface area (Å²) in [7, 11) is 0. The molecule has 0 unspecified atom stereocenters. The number of β-amino-alcohol motifs (C(OH)–C–C–N with tert-alkyl or cyclic N) is 1. The molecule has 1 aromatic heterocycles. The number of amides is 1. The maximum atomic E-state index is 12.5. The molecule has 0 spiro atoms. The molecule has 2 aromatic rings. The van der Waals surface area contributed by atoms with Crippen LogP contribution in [0.2, 0.25) is 5.02 Å². The van der Waals surface area contributed by atoms with Gasteiger partial charge in [-0.2, -0.15) is 0 Å². The van der Waals surface area contributed by atoms with E-state index >= 15 is 0 Å². The van der Waals surface area contributed by atoms with Crippen LogP contribution in [0.3, 0.4) is 0 Å². The number of aromatic nitrogens is 1. The molecule has 172 valence electrons. The molecule has 3 heterocycles. The molecule has 7 nitrogen and oxygen atoms in total. The highest BCUT2D eigenvalue weighted by Crippen LogP contribution is 2.28. The van der Waals surface area contributed by atoms with Crippen LogP contribution < -0.4 is 5.32 Å². The van der Waals surface area contributed by atoms with Gasteiger partial charge < -0.3 is 19.9 Å². The predicted octanol–water partition coefficient (Wildman–Crippen LogP) is 2.55. The lowest BCUT2D eigenvalue weighted by Gasteiger charge is -2.44. The van der Waals surface area contributed by atoms with Crippen LogP contribution in [0.1, 0.15) is 30.4 Å². The zero-order valence-electron chi connectivity index (χ0n) is 18.0. The second-order valence-electron chi connectivity index (χ2n) is 8.49. The Kier molecular flexibility index (Phi) is 8.10. The summed E-state index contributed by atoms with van der Waals surface area (Å²) in [5.74, 6) is -0.0517. The fraction of sp³-hybridized carbons (Fsp3) is 0.500. The molecule has 8 heteroatoms. The molecule has 0 saturated carbocycles. The number of halogens is 1. The molecule has 0 bridgehead atoms. The zero-order valence-corrected chi connectivity index (χ0v) is 18.8. The first kappa shape index (κ1) is 23.1. The van der Waals surface area contributed by atoms with Gasteiger partial charge >= 0.3 is 0 Å². The van der Waals surface area contributed by atoms with Crippen LogP contribution in [0.15, 0.2) is 48.8 Å². The molecule has 2 aliphatic heterocycles. The fourth-order valence-corrected chi connectivity index (χ4v) is 4.67. The van der Waals surface area contributed by atoms with Gasteiger partial charge in [0.15, 0.2) is 0 Å². The first-order valence-electron chi connectivity index (χ1n) is 11.1. The third-order valence-electron chi connectivity index (χ3n) is 6.07. The summed E-state index contributed by atoms with van der Waals surface area (Å²) in [6.07, 6.45) is 4.71. The molecule has 1 aromatic carbocycles. The Balaban J connectivity index is 1.34. The number of rotatable bonds is 6. The van der Waals surface area contributed by atoms with Crippen LogP contribution in [-0.2, 0) is 27.4 Å². The number of carbonyl (C=O) groups excluding carboxylic acids is 1. The normalized spacial score (nSPS) is 26.6. The van der Waals surface area contributed by atoms with E-state index in [1.807, 2.05) is 36.4 Å². The van der Waals surface area contributed by atoms with Gasteiger partial charge in [-0.3, -0.25) is 14.7 Å². The van der Waals surface area contributed by atoms with Crippen molar-refractivity contribution in [2.24, 2.45) is 0 Å². The van der Waals surface area contributed by atoms with E-state index in [1.54, 1.807) is 12.4 Å². The van der Waals surface area contributed by atoms with Crippen LogP contribution in [0.5, 0.6) is 0 Å². The Morgan fingerprint density at radius 2 is 2.00 bits per heavy atom. The number of pyridine rings is 1. The standard InChI is InChI=1S/C24H30ClN3O4/c25-21-4-2-1-3-18(21)12-27-24(30)11-20-5-6-22-23(32-20)16-31-15-19(29)14-28(22)13-17-7-9-26-10-8-17/h1-4,7-10,19-20,22-23,29H,5-6,11-16H2,(H,27,30)/t19-,20+,22+,23-/m0/s1. The van der Waals surface area contributed by atoms with Crippen molar-refractivity contribution in [3.63, 3.8) is 0 Å². The lowest BCUT2D eigenvalue weighted by Crippen LogP contribution is -2.55. The predicted molar refractivity (Wildman–Crippen MR) is 121 cm³/mol. The third kappa shape index (κ3) is 6.27. The highest BCUT2D eigenvalue weighted by molar-refractivity contribution is 6.31. The average molecular weight is 460 g/mol. The van der Waals surface area contributed by atoms with Crippen molar-refractivity contribution in [2.75, 3.05) is 19.8 Å². The van der Waals surface area contributed by atoms with E-state index in [1.165, 1.54) is 0 Å². The molecule has 2 fully saturated rings. The van der Waals surface area contributed by atoms with E-state index in [0.29, 0.717) is 37.7 Å². The number of nitrogens with one attached hydrogen (secondary N) is 1. The number of aliphatic hydroxyl groups excluding tert-OH is 1. The van der Waals surface area contributed by atoms with Crippen molar-refractivity contribution in [3.8, 4) is 0 Å². The number of nitrogens with zero attached hydrogens (tertiary/aromatic N) is 2. The van der Waals surface area contributed by atoms with Gasteiger partial charge in [0.05, 0.1) is 37.9 Å². The molecule has 1 amide bonds. The van der Waals surface area contributed by atoms with Crippen molar-refractivity contribution in [3.05, 3.63) is 64.9 Å². The molecule has 4 rings (SSSR count). The molecule has 0 radical (unpaired) electrons. The van der Waals surface area contributed by atoms with E-state index in [2.05, 4.69) is 15.2 Å². The van der Waals surface area contributed by atoms with Crippen molar-refractivity contribution in [1.29, 1.82) is 0 Å². The van der Waals surface area contributed by atoms with Crippen LogP contribution >= 0.6 is 11.6 Å². The first-order chi connectivity index (χ1) is 15.6. The van der Waals surface area contributed by atoms with Gasteiger partial charge in [-0.05, 0) is 42.2 Å². The summed E-state index contributed by atoms with van der Waals surface area (Å²) >= 11 is 6.17. The number of hydrogen-bond acceptors (Lipinski definition) is 6.